The van der Waals surface area contributed by atoms with E-state index in [4.69, 9.17) is 15.2 Å². The molecule has 0 aromatic heterocycles. The third-order valence-corrected chi connectivity index (χ3v) is 4.15. The molecule has 0 radical (unpaired) electrons. The number of fused-ring (bicyclic) bond motifs is 1. The average Bonchev–Trinajstić information content (AvgIpc) is 2.88. The molecule has 1 saturated carbocycles. The molecule has 1 aromatic rings. The van der Waals surface area contributed by atoms with E-state index in [9.17, 15) is 4.79 Å². The van der Waals surface area contributed by atoms with Gasteiger partial charge in [0.2, 0.25) is 12.7 Å². The predicted octanol–water partition coefficient (Wildman–Crippen LogP) is 2.07. The molecular formula is C15H21ClN2O3. The normalized spacial score (nSPS) is 17.6. The molecule has 0 bridgehead atoms. The zero-order valence-corrected chi connectivity index (χ0v) is 12.9. The van der Waals surface area contributed by atoms with Crippen LogP contribution in [-0.2, 0) is 11.3 Å². The van der Waals surface area contributed by atoms with Crippen molar-refractivity contribution in [2.45, 2.75) is 38.3 Å². The van der Waals surface area contributed by atoms with E-state index in [1.54, 1.807) is 0 Å². The molecule has 1 amide bonds. The van der Waals surface area contributed by atoms with Crippen molar-refractivity contribution in [3.8, 4) is 11.5 Å². The summed E-state index contributed by atoms with van der Waals surface area (Å²) in [5.74, 6) is 1.57. The van der Waals surface area contributed by atoms with Gasteiger partial charge in [0.15, 0.2) is 11.5 Å². The van der Waals surface area contributed by atoms with Crippen molar-refractivity contribution < 1.29 is 14.3 Å². The Morgan fingerprint density at radius 2 is 2.05 bits per heavy atom. The number of carbonyl (C=O) groups is 1. The quantitative estimate of drug-likeness (QED) is 0.924. The van der Waals surface area contributed by atoms with E-state index < -0.39 is 5.54 Å². The van der Waals surface area contributed by atoms with Crippen molar-refractivity contribution in [3.05, 3.63) is 23.8 Å². The highest BCUT2D eigenvalue weighted by Gasteiger charge is 2.42. The predicted molar refractivity (Wildman–Crippen MR) is 81.7 cm³/mol. The SMILES string of the molecule is CCN(Cc1ccc2c(c1)OCO2)C(=O)C1(N)CCC1.Cl. The van der Waals surface area contributed by atoms with Crippen molar-refractivity contribution in [1.82, 2.24) is 4.90 Å². The van der Waals surface area contributed by atoms with Crippen LogP contribution in [0, 0.1) is 0 Å². The summed E-state index contributed by atoms with van der Waals surface area (Å²) in [6, 6.07) is 5.78. The monoisotopic (exact) mass is 312 g/mol. The third kappa shape index (κ3) is 2.94. The van der Waals surface area contributed by atoms with Gasteiger partial charge in [0.1, 0.15) is 0 Å². The number of benzene rings is 1. The Labute approximate surface area is 130 Å². The maximum atomic E-state index is 12.5. The fourth-order valence-electron chi connectivity index (χ4n) is 2.67. The van der Waals surface area contributed by atoms with Gasteiger partial charge in [-0.1, -0.05) is 6.07 Å². The molecule has 0 spiro atoms. The van der Waals surface area contributed by atoms with Gasteiger partial charge in [-0.25, -0.2) is 0 Å². The number of nitrogens with zero attached hydrogens (tertiary/aromatic N) is 1. The number of rotatable bonds is 4. The molecule has 2 aliphatic rings. The Morgan fingerprint density at radius 3 is 2.67 bits per heavy atom. The number of nitrogens with two attached hydrogens (primary N) is 1. The van der Waals surface area contributed by atoms with Gasteiger partial charge in [-0.05, 0) is 43.9 Å². The van der Waals surface area contributed by atoms with Crippen LogP contribution in [0.3, 0.4) is 0 Å². The first kappa shape index (κ1) is 15.9. The third-order valence-electron chi connectivity index (χ3n) is 4.15. The fourth-order valence-corrected chi connectivity index (χ4v) is 2.67. The second-order valence-corrected chi connectivity index (χ2v) is 5.52. The van der Waals surface area contributed by atoms with Crippen LogP contribution in [-0.4, -0.2) is 29.7 Å². The van der Waals surface area contributed by atoms with Crippen LogP contribution in [0.4, 0.5) is 0 Å². The van der Waals surface area contributed by atoms with Crippen LogP contribution in [0.25, 0.3) is 0 Å². The largest absolute Gasteiger partial charge is 0.454 e. The van der Waals surface area contributed by atoms with Gasteiger partial charge in [-0.2, -0.15) is 0 Å². The minimum Gasteiger partial charge on any atom is -0.454 e. The van der Waals surface area contributed by atoms with E-state index >= 15 is 0 Å². The lowest BCUT2D eigenvalue weighted by Crippen LogP contribution is -2.59. The molecule has 0 atom stereocenters. The molecule has 6 heteroatoms. The second kappa shape index (κ2) is 6.12. The first-order valence-electron chi connectivity index (χ1n) is 7.09. The van der Waals surface area contributed by atoms with Crippen LogP contribution in [0.5, 0.6) is 11.5 Å². The average molecular weight is 313 g/mol. The second-order valence-electron chi connectivity index (χ2n) is 5.52. The number of halogens is 1. The lowest BCUT2D eigenvalue weighted by atomic mass is 9.76. The van der Waals surface area contributed by atoms with Crippen LogP contribution in [0.2, 0.25) is 0 Å². The van der Waals surface area contributed by atoms with Crippen LogP contribution >= 0.6 is 12.4 Å². The highest BCUT2D eigenvalue weighted by Crippen LogP contribution is 2.34. The summed E-state index contributed by atoms with van der Waals surface area (Å²) in [6.07, 6.45) is 2.64. The summed E-state index contributed by atoms with van der Waals surface area (Å²) in [6.45, 7) is 3.46. The number of ether oxygens (including phenoxy) is 2. The number of hydrogen-bond donors (Lipinski definition) is 1. The highest BCUT2D eigenvalue weighted by atomic mass is 35.5. The molecular weight excluding hydrogens is 292 g/mol. The van der Waals surface area contributed by atoms with Crippen molar-refractivity contribution in [2.75, 3.05) is 13.3 Å². The summed E-state index contributed by atoms with van der Waals surface area (Å²) >= 11 is 0. The smallest absolute Gasteiger partial charge is 0.242 e. The van der Waals surface area contributed by atoms with Crippen molar-refractivity contribution in [1.29, 1.82) is 0 Å². The minimum absolute atomic E-state index is 0. The van der Waals surface area contributed by atoms with Gasteiger partial charge >= 0.3 is 0 Å². The maximum absolute atomic E-state index is 12.5. The topological polar surface area (TPSA) is 64.8 Å². The van der Waals surface area contributed by atoms with Crippen molar-refractivity contribution >= 4 is 18.3 Å². The van der Waals surface area contributed by atoms with Gasteiger partial charge < -0.3 is 20.1 Å². The van der Waals surface area contributed by atoms with Gasteiger partial charge in [-0.3, -0.25) is 4.79 Å². The van der Waals surface area contributed by atoms with Gasteiger partial charge in [0.05, 0.1) is 5.54 Å². The minimum atomic E-state index is -0.633. The summed E-state index contributed by atoms with van der Waals surface area (Å²) in [5, 5.41) is 0. The van der Waals surface area contributed by atoms with Gasteiger partial charge in [0, 0.05) is 13.1 Å². The number of likely N-dealkylation sites (N-methyl/N-ethyl adjacent to an activating group) is 1. The van der Waals surface area contributed by atoms with Crippen LogP contribution in [0.15, 0.2) is 18.2 Å². The molecule has 1 heterocycles. The number of amides is 1. The van der Waals surface area contributed by atoms with Crippen molar-refractivity contribution in [3.63, 3.8) is 0 Å². The molecule has 1 fully saturated rings. The van der Waals surface area contributed by atoms with E-state index in [0.717, 1.165) is 36.3 Å². The number of carbonyl (C=O) groups excluding carboxylic acids is 1. The van der Waals surface area contributed by atoms with E-state index in [-0.39, 0.29) is 25.1 Å². The van der Waals surface area contributed by atoms with E-state index in [0.29, 0.717) is 13.1 Å². The maximum Gasteiger partial charge on any atom is 0.242 e. The Hall–Kier alpha value is -1.46. The molecule has 0 unspecified atom stereocenters. The first-order chi connectivity index (χ1) is 9.62. The van der Waals surface area contributed by atoms with E-state index in [2.05, 4.69) is 0 Å². The molecule has 1 aromatic carbocycles. The standard InChI is InChI=1S/C15H20N2O3.ClH/c1-2-17(14(18)15(16)6-3-7-15)9-11-4-5-12-13(8-11)20-10-19-12;/h4-5,8H,2-3,6-7,9-10,16H2,1H3;1H. The Balaban J connectivity index is 0.00000161. The summed E-state index contributed by atoms with van der Waals surface area (Å²) in [4.78, 5) is 14.3. The van der Waals surface area contributed by atoms with Gasteiger partial charge in [0.25, 0.3) is 0 Å². The van der Waals surface area contributed by atoms with Crippen LogP contribution < -0.4 is 15.2 Å². The highest BCUT2D eigenvalue weighted by molar-refractivity contribution is 5.87. The summed E-state index contributed by atoms with van der Waals surface area (Å²) in [7, 11) is 0. The summed E-state index contributed by atoms with van der Waals surface area (Å²) < 4.78 is 10.7. The zero-order chi connectivity index (χ0) is 14.2. The molecule has 0 saturated heterocycles. The molecule has 1 aliphatic heterocycles. The Bertz CT molecular complexity index is 532. The number of hydrogen-bond acceptors (Lipinski definition) is 4. The molecule has 3 rings (SSSR count). The fraction of sp³-hybridized carbons (Fsp3) is 0.533. The van der Waals surface area contributed by atoms with Crippen molar-refractivity contribution in [2.24, 2.45) is 5.73 Å². The lowest BCUT2D eigenvalue weighted by Gasteiger charge is -2.40. The molecule has 21 heavy (non-hydrogen) atoms. The molecule has 1 aliphatic carbocycles. The first-order valence-corrected chi connectivity index (χ1v) is 7.09. The molecule has 2 N–H and O–H groups in total. The molecule has 116 valence electrons. The Kier molecular flexibility index (Phi) is 4.64. The van der Waals surface area contributed by atoms with E-state index in [1.165, 1.54) is 0 Å². The molecule has 5 nitrogen and oxygen atoms in total. The van der Waals surface area contributed by atoms with Gasteiger partial charge in [-0.15, -0.1) is 12.4 Å². The van der Waals surface area contributed by atoms with Crippen LogP contribution in [0.1, 0.15) is 31.7 Å². The lowest BCUT2D eigenvalue weighted by molar-refractivity contribution is -0.140. The zero-order valence-electron chi connectivity index (χ0n) is 12.1. The summed E-state index contributed by atoms with van der Waals surface area (Å²) in [5.41, 5.74) is 6.53. The van der Waals surface area contributed by atoms with E-state index in [1.807, 2.05) is 30.0 Å². The Morgan fingerprint density at radius 1 is 1.33 bits per heavy atom.